The van der Waals surface area contributed by atoms with Crippen LogP contribution in [-0.2, 0) is 9.84 Å². The van der Waals surface area contributed by atoms with Gasteiger partial charge in [0.05, 0.1) is 22.9 Å². The fourth-order valence-electron chi connectivity index (χ4n) is 1.53. The Bertz CT molecular complexity index is 489. The van der Waals surface area contributed by atoms with Gasteiger partial charge >= 0.3 is 0 Å². The Morgan fingerprint density at radius 2 is 2.25 bits per heavy atom. The Morgan fingerprint density at radius 3 is 2.81 bits per heavy atom. The van der Waals surface area contributed by atoms with Crippen LogP contribution in [0.3, 0.4) is 0 Å². The van der Waals surface area contributed by atoms with Crippen LogP contribution in [0, 0.1) is 6.92 Å². The van der Waals surface area contributed by atoms with Crippen molar-refractivity contribution in [3.8, 4) is 0 Å². The van der Waals surface area contributed by atoms with Crippen molar-refractivity contribution >= 4 is 21.6 Å². The predicted molar refractivity (Wildman–Crippen MR) is 61.1 cm³/mol. The lowest BCUT2D eigenvalue weighted by Gasteiger charge is -2.10. The first kappa shape index (κ1) is 11.8. The van der Waals surface area contributed by atoms with Crippen molar-refractivity contribution in [2.75, 3.05) is 11.5 Å². The Balaban J connectivity index is 2.11. The van der Waals surface area contributed by atoms with Gasteiger partial charge in [-0.3, -0.25) is 0 Å². The molecule has 7 heteroatoms. The van der Waals surface area contributed by atoms with Gasteiger partial charge in [-0.1, -0.05) is 11.8 Å². The van der Waals surface area contributed by atoms with Gasteiger partial charge in [0.25, 0.3) is 0 Å². The van der Waals surface area contributed by atoms with E-state index in [-0.39, 0.29) is 16.8 Å². The van der Waals surface area contributed by atoms with E-state index in [9.17, 15) is 13.5 Å². The lowest BCUT2D eigenvalue weighted by atomic mass is 10.3. The van der Waals surface area contributed by atoms with E-state index in [1.54, 1.807) is 12.3 Å². The molecule has 5 nitrogen and oxygen atoms in total. The number of nitrogens with zero attached hydrogens (tertiary/aromatic N) is 2. The van der Waals surface area contributed by atoms with E-state index in [4.69, 9.17) is 0 Å². The SMILES string of the molecule is Cc1ccnc(SC2CS(=O)(=O)CC2O)n1. The summed E-state index contributed by atoms with van der Waals surface area (Å²) in [6.45, 7) is 1.84. The van der Waals surface area contributed by atoms with Gasteiger partial charge < -0.3 is 5.11 Å². The van der Waals surface area contributed by atoms with Crippen molar-refractivity contribution in [2.45, 2.75) is 23.4 Å². The van der Waals surface area contributed by atoms with Gasteiger partial charge in [-0.2, -0.15) is 0 Å². The molecule has 1 aliphatic heterocycles. The van der Waals surface area contributed by atoms with Crippen LogP contribution in [0.4, 0.5) is 0 Å². The highest BCUT2D eigenvalue weighted by molar-refractivity contribution is 8.01. The molecule has 1 saturated heterocycles. The first-order valence-electron chi connectivity index (χ1n) is 4.81. The standard InChI is InChI=1S/C9H12N2O3S2/c1-6-2-3-10-9(11-6)15-8-5-16(13,14)4-7(8)12/h2-3,7-8,12H,4-5H2,1H3. The molecule has 1 aromatic rings. The first-order chi connectivity index (χ1) is 7.46. The molecule has 16 heavy (non-hydrogen) atoms. The molecule has 0 bridgehead atoms. The summed E-state index contributed by atoms with van der Waals surface area (Å²) in [5.41, 5.74) is 0.827. The third kappa shape index (κ3) is 2.72. The molecule has 1 aromatic heterocycles. The number of aliphatic hydroxyl groups is 1. The highest BCUT2D eigenvalue weighted by Gasteiger charge is 2.37. The van der Waals surface area contributed by atoms with E-state index in [1.807, 2.05) is 6.92 Å². The van der Waals surface area contributed by atoms with E-state index >= 15 is 0 Å². The van der Waals surface area contributed by atoms with Crippen LogP contribution in [0.15, 0.2) is 17.4 Å². The summed E-state index contributed by atoms with van der Waals surface area (Å²) in [6.07, 6.45) is 0.805. The van der Waals surface area contributed by atoms with Gasteiger partial charge in [-0.15, -0.1) is 0 Å². The molecule has 0 saturated carbocycles. The molecule has 1 aliphatic rings. The monoisotopic (exact) mass is 260 g/mol. The molecular formula is C9H12N2O3S2. The average Bonchev–Trinajstić information content (AvgIpc) is 2.39. The van der Waals surface area contributed by atoms with Crippen LogP contribution in [0.5, 0.6) is 0 Å². The second-order valence-electron chi connectivity index (χ2n) is 3.78. The number of aryl methyl sites for hydroxylation is 1. The Morgan fingerprint density at radius 1 is 1.50 bits per heavy atom. The summed E-state index contributed by atoms with van der Waals surface area (Å²) in [5.74, 6) is -0.160. The van der Waals surface area contributed by atoms with Crippen molar-refractivity contribution in [1.82, 2.24) is 9.97 Å². The van der Waals surface area contributed by atoms with Gasteiger partial charge in [0.2, 0.25) is 0 Å². The minimum Gasteiger partial charge on any atom is -0.391 e. The second-order valence-corrected chi connectivity index (χ2v) is 7.14. The zero-order valence-corrected chi connectivity index (χ0v) is 10.3. The number of hydrogen-bond donors (Lipinski definition) is 1. The maximum absolute atomic E-state index is 11.3. The van der Waals surface area contributed by atoms with Gasteiger partial charge in [-0.05, 0) is 13.0 Å². The van der Waals surface area contributed by atoms with Crippen LogP contribution in [-0.4, -0.2) is 46.4 Å². The van der Waals surface area contributed by atoms with Crippen molar-refractivity contribution in [3.63, 3.8) is 0 Å². The summed E-state index contributed by atoms with van der Waals surface area (Å²) < 4.78 is 22.6. The van der Waals surface area contributed by atoms with E-state index in [0.717, 1.165) is 5.69 Å². The fourth-order valence-corrected chi connectivity index (χ4v) is 5.00. The normalized spacial score (nSPS) is 28.1. The van der Waals surface area contributed by atoms with Gasteiger partial charge in [0.15, 0.2) is 15.0 Å². The lowest BCUT2D eigenvalue weighted by Crippen LogP contribution is -2.20. The number of aliphatic hydroxyl groups excluding tert-OH is 1. The molecule has 0 aliphatic carbocycles. The number of aromatic nitrogens is 2. The molecule has 0 radical (unpaired) electrons. The number of sulfone groups is 1. The molecule has 88 valence electrons. The fraction of sp³-hybridized carbons (Fsp3) is 0.556. The van der Waals surface area contributed by atoms with Gasteiger partial charge in [0.1, 0.15) is 0 Å². The summed E-state index contributed by atoms with van der Waals surface area (Å²) in [4.78, 5) is 8.20. The third-order valence-electron chi connectivity index (χ3n) is 2.30. The van der Waals surface area contributed by atoms with Crippen LogP contribution in [0.25, 0.3) is 0 Å². The maximum Gasteiger partial charge on any atom is 0.188 e. The molecule has 2 rings (SSSR count). The zero-order chi connectivity index (χ0) is 11.8. The van der Waals surface area contributed by atoms with Crippen LogP contribution in [0.1, 0.15) is 5.69 Å². The predicted octanol–water partition coefficient (Wildman–Crippen LogP) is 0.0350. The van der Waals surface area contributed by atoms with Crippen LogP contribution >= 0.6 is 11.8 Å². The quantitative estimate of drug-likeness (QED) is 0.756. The first-order valence-corrected chi connectivity index (χ1v) is 7.51. The smallest absolute Gasteiger partial charge is 0.188 e. The van der Waals surface area contributed by atoms with Gasteiger partial charge in [0, 0.05) is 11.9 Å². The number of hydrogen-bond acceptors (Lipinski definition) is 6. The molecule has 2 heterocycles. The zero-order valence-electron chi connectivity index (χ0n) is 8.70. The molecule has 0 aromatic carbocycles. The van der Waals surface area contributed by atoms with Crippen LogP contribution in [0.2, 0.25) is 0 Å². The second kappa shape index (κ2) is 4.31. The Hall–Kier alpha value is -0.660. The van der Waals surface area contributed by atoms with Crippen LogP contribution < -0.4 is 0 Å². The van der Waals surface area contributed by atoms with Crippen molar-refractivity contribution in [3.05, 3.63) is 18.0 Å². The molecule has 1 N–H and O–H groups in total. The van der Waals surface area contributed by atoms with E-state index in [2.05, 4.69) is 9.97 Å². The van der Waals surface area contributed by atoms with E-state index < -0.39 is 15.9 Å². The summed E-state index contributed by atoms with van der Waals surface area (Å²) >= 11 is 1.22. The summed E-state index contributed by atoms with van der Waals surface area (Å²) in [6, 6.07) is 1.77. The lowest BCUT2D eigenvalue weighted by molar-refractivity contribution is 0.207. The minimum atomic E-state index is -3.10. The molecule has 2 unspecified atom stereocenters. The molecular weight excluding hydrogens is 248 g/mol. The van der Waals surface area contributed by atoms with E-state index in [0.29, 0.717) is 5.16 Å². The topological polar surface area (TPSA) is 80.2 Å². The highest BCUT2D eigenvalue weighted by Crippen LogP contribution is 2.28. The Kier molecular flexibility index (Phi) is 3.18. The minimum absolute atomic E-state index is 0.00383. The van der Waals surface area contributed by atoms with E-state index in [1.165, 1.54) is 11.8 Å². The Labute approximate surface area is 98.2 Å². The number of rotatable bonds is 2. The molecule has 0 spiro atoms. The average molecular weight is 260 g/mol. The number of thioether (sulfide) groups is 1. The highest BCUT2D eigenvalue weighted by atomic mass is 32.2. The van der Waals surface area contributed by atoms with Crippen molar-refractivity contribution < 1.29 is 13.5 Å². The molecule has 2 atom stereocenters. The summed E-state index contributed by atoms with van der Waals surface area (Å²) in [5, 5.41) is 9.76. The summed E-state index contributed by atoms with van der Waals surface area (Å²) in [7, 11) is -3.10. The van der Waals surface area contributed by atoms with Crippen molar-refractivity contribution in [2.24, 2.45) is 0 Å². The molecule has 0 amide bonds. The van der Waals surface area contributed by atoms with Gasteiger partial charge in [-0.25, -0.2) is 18.4 Å². The van der Waals surface area contributed by atoms with Crippen molar-refractivity contribution in [1.29, 1.82) is 0 Å². The largest absolute Gasteiger partial charge is 0.391 e. The molecule has 1 fully saturated rings. The maximum atomic E-state index is 11.3. The third-order valence-corrected chi connectivity index (χ3v) is 5.42.